The number of hydrogen-bond acceptors (Lipinski definition) is 2. The van der Waals surface area contributed by atoms with Crippen molar-refractivity contribution in [2.24, 2.45) is 4.99 Å². The van der Waals surface area contributed by atoms with Gasteiger partial charge in [-0.05, 0) is 107 Å². The predicted molar refractivity (Wildman–Crippen MR) is 218 cm³/mol. The second kappa shape index (κ2) is 12.5. The molecule has 1 aliphatic carbocycles. The van der Waals surface area contributed by atoms with E-state index in [9.17, 15) is 5.26 Å². The molecule has 0 N–H and O–H groups in total. The van der Waals surface area contributed by atoms with Gasteiger partial charge in [0.05, 0.1) is 22.8 Å². The number of fused-ring (bicyclic) bond motifs is 5. The summed E-state index contributed by atoms with van der Waals surface area (Å²) in [5.74, 6) is 0. The second-order valence-corrected chi connectivity index (χ2v) is 13.4. The average Bonchev–Trinajstić information content (AvgIpc) is 3.21. The minimum atomic E-state index is -0.649. The fourth-order valence-electron chi connectivity index (χ4n) is 8.62. The fourth-order valence-corrected chi connectivity index (χ4v) is 8.62. The van der Waals surface area contributed by atoms with E-state index in [1.54, 1.807) is 6.08 Å². The van der Waals surface area contributed by atoms with Crippen molar-refractivity contribution in [2.45, 2.75) is 5.41 Å². The Morgan fingerprint density at radius 3 is 2.06 bits per heavy atom. The number of benzene rings is 8. The third kappa shape index (κ3) is 4.60. The quantitative estimate of drug-likeness (QED) is 0.0991. The van der Waals surface area contributed by atoms with Gasteiger partial charge in [0.1, 0.15) is 0 Å². The molecule has 9 rings (SSSR count). The van der Waals surface area contributed by atoms with Crippen LogP contribution >= 0.6 is 0 Å². The number of nitriles is 1. The molecule has 0 fully saturated rings. The van der Waals surface area contributed by atoms with Crippen molar-refractivity contribution in [2.75, 3.05) is 7.05 Å². The maximum atomic E-state index is 10.2. The van der Waals surface area contributed by atoms with Gasteiger partial charge in [0.2, 0.25) is 0 Å². The summed E-state index contributed by atoms with van der Waals surface area (Å²) in [4.78, 5) is 4.56. The molecule has 0 amide bonds. The molecule has 0 saturated carbocycles. The summed E-state index contributed by atoms with van der Waals surface area (Å²) in [7, 11) is 1.83. The third-order valence-electron chi connectivity index (χ3n) is 10.7. The van der Waals surface area contributed by atoms with Crippen molar-refractivity contribution in [1.29, 1.82) is 5.26 Å². The van der Waals surface area contributed by atoms with Crippen molar-refractivity contribution in [3.63, 3.8) is 0 Å². The molecule has 8 aromatic carbocycles. The number of aliphatic imine (C=N–C) groups is 1. The summed E-state index contributed by atoms with van der Waals surface area (Å²) in [6.07, 6.45) is 5.70. The van der Waals surface area contributed by atoms with Crippen LogP contribution < -0.4 is 0 Å². The molecule has 0 heterocycles. The summed E-state index contributed by atoms with van der Waals surface area (Å²) < 4.78 is 0. The molecule has 0 aromatic heterocycles. The summed E-state index contributed by atoms with van der Waals surface area (Å²) >= 11 is 0. The average molecular weight is 663 g/mol. The van der Waals surface area contributed by atoms with E-state index in [4.69, 9.17) is 0 Å². The first-order chi connectivity index (χ1) is 25.7. The van der Waals surface area contributed by atoms with Crippen LogP contribution in [0.2, 0.25) is 0 Å². The molecule has 0 bridgehead atoms. The summed E-state index contributed by atoms with van der Waals surface area (Å²) in [6, 6.07) is 59.4. The van der Waals surface area contributed by atoms with E-state index in [1.165, 1.54) is 54.7 Å². The van der Waals surface area contributed by atoms with E-state index in [-0.39, 0.29) is 0 Å². The Balaban J connectivity index is 1.45. The lowest BCUT2D eigenvalue weighted by molar-refractivity contribution is 0.756. The van der Waals surface area contributed by atoms with E-state index < -0.39 is 5.41 Å². The van der Waals surface area contributed by atoms with Crippen LogP contribution in [0.15, 0.2) is 188 Å². The monoisotopic (exact) mass is 662 g/mol. The molecule has 2 nitrogen and oxygen atoms in total. The van der Waals surface area contributed by atoms with Crippen molar-refractivity contribution in [3.05, 3.63) is 216 Å². The van der Waals surface area contributed by atoms with Crippen LogP contribution in [0.25, 0.3) is 54.6 Å². The van der Waals surface area contributed by atoms with Gasteiger partial charge in [0.25, 0.3) is 0 Å². The minimum absolute atomic E-state index is 0.649. The summed E-state index contributed by atoms with van der Waals surface area (Å²) in [6.45, 7) is 3.84. The van der Waals surface area contributed by atoms with Gasteiger partial charge < -0.3 is 0 Å². The first-order valence-corrected chi connectivity index (χ1v) is 17.6. The highest BCUT2D eigenvalue weighted by atomic mass is 14.7. The van der Waals surface area contributed by atoms with Crippen molar-refractivity contribution in [3.8, 4) is 28.3 Å². The second-order valence-electron chi connectivity index (χ2n) is 13.4. The SMILES string of the molecule is C=C/C=C\C(=N/C)c1ccc2ccc(-c3c4ccccc4c4c5c(cccc35)-c3cc(C#N)ccc3C4(c3ccccc3)c3ccccc3)cc2c1. The van der Waals surface area contributed by atoms with E-state index in [1.807, 2.05) is 25.3 Å². The minimum Gasteiger partial charge on any atom is -0.288 e. The molecular formula is C50H34N2. The van der Waals surface area contributed by atoms with Gasteiger partial charge in [-0.25, -0.2) is 0 Å². The van der Waals surface area contributed by atoms with Crippen LogP contribution in [0, 0.1) is 11.3 Å². The Morgan fingerprint density at radius 2 is 1.35 bits per heavy atom. The topological polar surface area (TPSA) is 36.1 Å². The van der Waals surface area contributed by atoms with Gasteiger partial charge in [0, 0.05) is 12.6 Å². The van der Waals surface area contributed by atoms with Crippen molar-refractivity contribution < 1.29 is 0 Å². The van der Waals surface area contributed by atoms with E-state index in [0.717, 1.165) is 33.4 Å². The highest BCUT2D eigenvalue weighted by Crippen LogP contribution is 2.59. The highest BCUT2D eigenvalue weighted by molar-refractivity contribution is 6.22. The molecule has 0 spiro atoms. The Bertz CT molecular complexity index is 2780. The van der Waals surface area contributed by atoms with Crippen LogP contribution in [0.3, 0.4) is 0 Å². The maximum absolute atomic E-state index is 10.2. The highest BCUT2D eigenvalue weighted by Gasteiger charge is 2.45. The summed E-state index contributed by atoms with van der Waals surface area (Å²) in [5.41, 5.74) is 11.4. The predicted octanol–water partition coefficient (Wildman–Crippen LogP) is 12.2. The Labute approximate surface area is 304 Å². The fraction of sp³-hybridized carbons (Fsp3) is 0.0400. The van der Waals surface area contributed by atoms with Crippen LogP contribution in [0.5, 0.6) is 0 Å². The van der Waals surface area contributed by atoms with Crippen molar-refractivity contribution >= 4 is 38.0 Å². The molecular weight excluding hydrogens is 629 g/mol. The summed E-state index contributed by atoms with van der Waals surface area (Å²) in [5, 5.41) is 17.3. The van der Waals surface area contributed by atoms with Gasteiger partial charge in [-0.3, -0.25) is 4.99 Å². The molecule has 0 aliphatic heterocycles. The standard InChI is InChI=1S/C50H34N2/c1-3-4-22-46(52-2)35-26-24-34-25-27-36(31-37(34)30-35)47-40-18-11-12-19-42(40)49-48-41(20-13-21-43(47)48)44-29-33(32-51)23-28-45(44)50(49,38-14-7-5-8-15-38)39-16-9-6-10-17-39/h3-31H,1H2,2H3/b22-4-,52-46+. The van der Waals surface area contributed by atoms with E-state index in [0.29, 0.717) is 5.56 Å². The Hall–Kier alpha value is -6.82. The van der Waals surface area contributed by atoms with Gasteiger partial charge in [0.15, 0.2) is 0 Å². The normalized spacial score (nSPS) is 13.3. The largest absolute Gasteiger partial charge is 0.288 e. The Kier molecular flexibility index (Phi) is 7.50. The molecule has 52 heavy (non-hydrogen) atoms. The van der Waals surface area contributed by atoms with Gasteiger partial charge >= 0.3 is 0 Å². The molecule has 0 saturated heterocycles. The van der Waals surface area contributed by atoms with Crippen molar-refractivity contribution in [1.82, 2.24) is 0 Å². The molecule has 0 radical (unpaired) electrons. The van der Waals surface area contributed by atoms with Crippen LogP contribution in [0.1, 0.15) is 33.4 Å². The first-order valence-electron chi connectivity index (χ1n) is 17.6. The molecule has 244 valence electrons. The molecule has 1 aliphatic rings. The maximum Gasteiger partial charge on any atom is 0.0991 e. The number of nitrogens with zero attached hydrogens (tertiary/aromatic N) is 2. The smallest absolute Gasteiger partial charge is 0.0991 e. The lowest BCUT2D eigenvalue weighted by Gasteiger charge is -2.43. The Morgan fingerprint density at radius 1 is 0.654 bits per heavy atom. The number of rotatable bonds is 6. The molecule has 0 unspecified atom stereocenters. The number of allylic oxidation sites excluding steroid dienone is 3. The molecule has 8 aromatic rings. The zero-order valence-electron chi connectivity index (χ0n) is 28.8. The zero-order chi connectivity index (χ0) is 35.2. The first kappa shape index (κ1) is 31.2. The number of hydrogen-bond donors (Lipinski definition) is 0. The van der Waals surface area contributed by atoms with Crippen LogP contribution in [-0.2, 0) is 5.41 Å². The van der Waals surface area contributed by atoms with Gasteiger partial charge in [-0.15, -0.1) is 0 Å². The van der Waals surface area contributed by atoms with Crippen LogP contribution in [0.4, 0.5) is 0 Å². The third-order valence-corrected chi connectivity index (χ3v) is 10.7. The lowest BCUT2D eigenvalue weighted by Crippen LogP contribution is -2.34. The zero-order valence-corrected chi connectivity index (χ0v) is 28.8. The van der Waals surface area contributed by atoms with Gasteiger partial charge in [-0.2, -0.15) is 5.26 Å². The van der Waals surface area contributed by atoms with E-state index >= 15 is 0 Å². The van der Waals surface area contributed by atoms with E-state index in [2.05, 4.69) is 169 Å². The molecule has 2 heteroatoms. The molecule has 0 atom stereocenters. The van der Waals surface area contributed by atoms with Gasteiger partial charge in [-0.1, -0.05) is 152 Å². The van der Waals surface area contributed by atoms with Crippen LogP contribution in [-0.4, -0.2) is 12.8 Å². The lowest BCUT2D eigenvalue weighted by atomic mass is 9.58.